The van der Waals surface area contributed by atoms with Crippen molar-refractivity contribution in [2.75, 3.05) is 34.7 Å². The second-order valence-corrected chi connectivity index (χ2v) is 8.90. The van der Waals surface area contributed by atoms with Crippen molar-refractivity contribution >= 4 is 41.8 Å². The van der Waals surface area contributed by atoms with E-state index in [2.05, 4.69) is 22.5 Å². The van der Waals surface area contributed by atoms with E-state index in [9.17, 15) is 9.59 Å². The van der Waals surface area contributed by atoms with Crippen molar-refractivity contribution in [3.63, 3.8) is 0 Å². The lowest BCUT2D eigenvalue weighted by Gasteiger charge is -2.34. The van der Waals surface area contributed by atoms with Crippen LogP contribution in [0.5, 0.6) is 0 Å². The van der Waals surface area contributed by atoms with Gasteiger partial charge in [0.1, 0.15) is 6.54 Å². The maximum absolute atomic E-state index is 12.4. The number of aliphatic imine (C=N–C) groups is 1. The molecule has 29 heavy (non-hydrogen) atoms. The van der Waals surface area contributed by atoms with Gasteiger partial charge in [-0.15, -0.1) is 24.0 Å². The molecule has 0 saturated heterocycles. The van der Waals surface area contributed by atoms with Gasteiger partial charge >= 0.3 is 0 Å². The zero-order chi connectivity index (χ0) is 20.7. The molecule has 0 aromatic rings. The molecule has 2 aliphatic rings. The minimum Gasteiger partial charge on any atom is -0.354 e. The average molecular weight is 521 g/mol. The van der Waals surface area contributed by atoms with Crippen LogP contribution in [0.3, 0.4) is 0 Å². The molecule has 2 N–H and O–H groups in total. The van der Waals surface area contributed by atoms with Crippen LogP contribution in [0.25, 0.3) is 0 Å². The fraction of sp³-hybridized carbons (Fsp3) is 0.857. The smallest absolute Gasteiger partial charge is 0.243 e. The molecule has 8 heteroatoms. The predicted molar refractivity (Wildman–Crippen MR) is 129 cm³/mol. The number of likely N-dealkylation sites (N-methyl/N-ethyl adjacent to an activating group) is 1. The summed E-state index contributed by atoms with van der Waals surface area (Å²) in [7, 11) is 7.15. The first-order valence-corrected chi connectivity index (χ1v) is 10.8. The Kier molecular flexibility index (Phi) is 11.3. The monoisotopic (exact) mass is 521 g/mol. The molecular formula is C21H40IN5O2. The molecule has 0 aliphatic heterocycles. The first-order chi connectivity index (χ1) is 13.3. The van der Waals surface area contributed by atoms with E-state index in [0.717, 1.165) is 38.1 Å². The zero-order valence-electron chi connectivity index (χ0n) is 18.7. The Labute approximate surface area is 193 Å². The highest BCUT2D eigenvalue weighted by Crippen LogP contribution is 2.26. The maximum Gasteiger partial charge on any atom is 0.243 e. The van der Waals surface area contributed by atoms with Gasteiger partial charge in [-0.05, 0) is 38.0 Å². The Bertz CT molecular complexity index is 567. The Hall–Kier alpha value is -1.06. The highest BCUT2D eigenvalue weighted by molar-refractivity contribution is 14.0. The van der Waals surface area contributed by atoms with Crippen LogP contribution in [-0.2, 0) is 9.59 Å². The number of halogens is 1. The van der Waals surface area contributed by atoms with Crippen molar-refractivity contribution in [2.24, 2.45) is 16.8 Å². The summed E-state index contributed by atoms with van der Waals surface area (Å²) in [5, 5.41) is 7.13. The SMILES string of the molecule is CC1CCCCC1NC(=NCC(=O)N(C)C)NC1CCCC(C(=O)N(C)C)C1.I. The molecule has 0 aromatic heterocycles. The van der Waals surface area contributed by atoms with Gasteiger partial charge in [0.2, 0.25) is 11.8 Å². The molecule has 2 aliphatic carbocycles. The van der Waals surface area contributed by atoms with E-state index in [4.69, 9.17) is 0 Å². The van der Waals surface area contributed by atoms with Crippen molar-refractivity contribution < 1.29 is 9.59 Å². The van der Waals surface area contributed by atoms with Gasteiger partial charge in [-0.3, -0.25) is 9.59 Å². The third kappa shape index (κ3) is 8.30. The number of guanidine groups is 1. The third-order valence-electron chi connectivity index (χ3n) is 6.11. The standard InChI is InChI=1S/C21H39N5O2.HI/c1-15-9-6-7-12-18(15)24-21(22-14-19(27)25(2)3)23-17-11-8-10-16(13-17)20(28)26(4)5;/h15-18H,6-14H2,1-5H3,(H2,22,23,24);1H. The third-order valence-corrected chi connectivity index (χ3v) is 6.11. The van der Waals surface area contributed by atoms with Gasteiger partial charge in [-0.2, -0.15) is 0 Å². The molecule has 2 fully saturated rings. The van der Waals surface area contributed by atoms with E-state index in [0.29, 0.717) is 12.0 Å². The maximum atomic E-state index is 12.4. The number of nitrogens with one attached hydrogen (secondary N) is 2. The summed E-state index contributed by atoms with van der Waals surface area (Å²) in [4.78, 5) is 32.2. The van der Waals surface area contributed by atoms with Crippen molar-refractivity contribution in [2.45, 2.75) is 70.4 Å². The molecular weight excluding hydrogens is 481 g/mol. The van der Waals surface area contributed by atoms with Crippen molar-refractivity contribution in [1.29, 1.82) is 0 Å². The van der Waals surface area contributed by atoms with E-state index in [1.807, 2.05) is 14.1 Å². The summed E-state index contributed by atoms with van der Waals surface area (Å²) in [6.45, 7) is 2.42. The Morgan fingerprint density at radius 1 is 0.931 bits per heavy atom. The molecule has 2 saturated carbocycles. The summed E-state index contributed by atoms with van der Waals surface area (Å²) in [6.07, 6.45) is 8.71. The fourth-order valence-electron chi connectivity index (χ4n) is 4.23. The molecule has 0 radical (unpaired) electrons. The summed E-state index contributed by atoms with van der Waals surface area (Å²) in [5.74, 6) is 1.58. The lowest BCUT2D eigenvalue weighted by Crippen LogP contribution is -2.52. The van der Waals surface area contributed by atoms with E-state index in [1.54, 1.807) is 23.9 Å². The fourth-order valence-corrected chi connectivity index (χ4v) is 4.23. The number of rotatable bonds is 5. The molecule has 4 unspecified atom stereocenters. The second kappa shape index (κ2) is 12.6. The number of hydrogen-bond donors (Lipinski definition) is 2. The van der Waals surface area contributed by atoms with Crippen LogP contribution in [0.2, 0.25) is 0 Å². The van der Waals surface area contributed by atoms with E-state index < -0.39 is 0 Å². The summed E-state index contributed by atoms with van der Waals surface area (Å²) in [5.41, 5.74) is 0. The molecule has 0 bridgehead atoms. The molecule has 168 valence electrons. The van der Waals surface area contributed by atoms with Crippen molar-refractivity contribution in [3.8, 4) is 0 Å². The minimum atomic E-state index is -0.0119. The van der Waals surface area contributed by atoms with Crippen LogP contribution in [0.15, 0.2) is 4.99 Å². The highest BCUT2D eigenvalue weighted by atomic mass is 127. The average Bonchev–Trinajstić information content (AvgIpc) is 2.67. The Balaban J connectivity index is 0.00000420. The van der Waals surface area contributed by atoms with Crippen LogP contribution >= 0.6 is 24.0 Å². The van der Waals surface area contributed by atoms with Crippen LogP contribution in [0, 0.1) is 11.8 Å². The highest BCUT2D eigenvalue weighted by Gasteiger charge is 2.29. The molecule has 2 amide bonds. The molecule has 0 spiro atoms. The summed E-state index contributed by atoms with van der Waals surface area (Å²) in [6, 6.07) is 0.597. The van der Waals surface area contributed by atoms with Crippen molar-refractivity contribution in [3.05, 3.63) is 0 Å². The summed E-state index contributed by atoms with van der Waals surface area (Å²) >= 11 is 0. The van der Waals surface area contributed by atoms with Gasteiger partial charge in [0, 0.05) is 46.2 Å². The predicted octanol–water partition coefficient (Wildman–Crippen LogP) is 2.45. The van der Waals surface area contributed by atoms with Crippen LogP contribution in [0.4, 0.5) is 0 Å². The normalized spacial score (nSPS) is 27.4. The second-order valence-electron chi connectivity index (χ2n) is 8.90. The number of carbonyl (C=O) groups excluding carboxylic acids is 2. The largest absolute Gasteiger partial charge is 0.354 e. The van der Waals surface area contributed by atoms with Crippen LogP contribution in [-0.4, -0.2) is 74.4 Å². The van der Waals surface area contributed by atoms with Gasteiger partial charge in [-0.1, -0.05) is 26.2 Å². The van der Waals surface area contributed by atoms with E-state index in [-0.39, 0.29) is 54.3 Å². The van der Waals surface area contributed by atoms with Gasteiger partial charge in [0.25, 0.3) is 0 Å². The van der Waals surface area contributed by atoms with Crippen LogP contribution < -0.4 is 10.6 Å². The van der Waals surface area contributed by atoms with Crippen molar-refractivity contribution in [1.82, 2.24) is 20.4 Å². The molecule has 0 aromatic carbocycles. The zero-order valence-corrected chi connectivity index (χ0v) is 21.1. The molecule has 0 heterocycles. The molecule has 4 atom stereocenters. The van der Waals surface area contributed by atoms with E-state index in [1.165, 1.54) is 19.3 Å². The van der Waals surface area contributed by atoms with Crippen LogP contribution in [0.1, 0.15) is 58.3 Å². The van der Waals surface area contributed by atoms with Gasteiger partial charge in [-0.25, -0.2) is 4.99 Å². The van der Waals surface area contributed by atoms with E-state index >= 15 is 0 Å². The number of carbonyl (C=O) groups is 2. The van der Waals surface area contributed by atoms with Gasteiger partial charge in [0.05, 0.1) is 0 Å². The lowest BCUT2D eigenvalue weighted by atomic mass is 9.84. The molecule has 2 rings (SSSR count). The van der Waals surface area contributed by atoms with Gasteiger partial charge < -0.3 is 20.4 Å². The Morgan fingerprint density at radius 2 is 1.62 bits per heavy atom. The Morgan fingerprint density at radius 3 is 2.24 bits per heavy atom. The van der Waals surface area contributed by atoms with Gasteiger partial charge in [0.15, 0.2) is 5.96 Å². The number of amides is 2. The topological polar surface area (TPSA) is 77.0 Å². The number of nitrogens with zero attached hydrogens (tertiary/aromatic N) is 3. The first kappa shape index (κ1) is 26.0. The number of hydrogen-bond acceptors (Lipinski definition) is 3. The minimum absolute atomic E-state index is 0. The quantitative estimate of drug-likeness (QED) is 0.331. The lowest BCUT2D eigenvalue weighted by molar-refractivity contribution is -0.134. The molecule has 7 nitrogen and oxygen atoms in total. The first-order valence-electron chi connectivity index (χ1n) is 10.8. The summed E-state index contributed by atoms with van der Waals surface area (Å²) < 4.78 is 0.